The Hall–Kier alpha value is -2.40. The number of carbonyl (C=O) groups excluding carboxylic acids is 4. The molecule has 1 atom stereocenters. The SMILES string of the molecule is COC(=O)CC[C@H]1C(=O)N(CC(=O)O)CCN1C(=O)C1CCC(CNC(=O)CN)CC1.Cl. The van der Waals surface area contributed by atoms with E-state index in [1.807, 2.05) is 0 Å². The van der Waals surface area contributed by atoms with Gasteiger partial charge < -0.3 is 30.7 Å². The molecule has 0 aromatic rings. The number of ether oxygens (including phenoxy) is 1. The Labute approximate surface area is 193 Å². The first-order chi connectivity index (χ1) is 14.8. The number of nitrogens with two attached hydrogens (primary N) is 1. The molecule has 2 fully saturated rings. The number of halogens is 1. The van der Waals surface area contributed by atoms with Gasteiger partial charge in [0.25, 0.3) is 0 Å². The molecule has 4 N–H and O–H groups in total. The highest BCUT2D eigenvalue weighted by molar-refractivity contribution is 5.91. The Kier molecular flexibility index (Phi) is 11.4. The lowest BCUT2D eigenvalue weighted by Crippen LogP contribution is -2.60. The van der Waals surface area contributed by atoms with Crippen molar-refractivity contribution in [3.8, 4) is 0 Å². The zero-order valence-electron chi connectivity index (χ0n) is 18.3. The molecule has 1 aliphatic heterocycles. The number of piperazine rings is 1. The molecule has 12 heteroatoms. The lowest BCUT2D eigenvalue weighted by Gasteiger charge is -2.42. The van der Waals surface area contributed by atoms with Gasteiger partial charge in [-0.3, -0.25) is 24.0 Å². The smallest absolute Gasteiger partial charge is 0.323 e. The number of nitrogens with one attached hydrogen (secondary N) is 1. The molecule has 0 aromatic heterocycles. The molecule has 0 bridgehead atoms. The van der Waals surface area contributed by atoms with Gasteiger partial charge in [0.05, 0.1) is 13.7 Å². The number of rotatable bonds is 9. The fourth-order valence-corrected chi connectivity index (χ4v) is 4.24. The zero-order chi connectivity index (χ0) is 23.0. The minimum atomic E-state index is -1.13. The molecule has 2 aliphatic rings. The summed E-state index contributed by atoms with van der Waals surface area (Å²) < 4.78 is 4.64. The summed E-state index contributed by atoms with van der Waals surface area (Å²) in [7, 11) is 1.25. The van der Waals surface area contributed by atoms with Crippen LogP contribution >= 0.6 is 12.4 Å². The molecule has 1 saturated heterocycles. The molecule has 0 unspecified atom stereocenters. The molecule has 2 rings (SSSR count). The molecule has 11 nitrogen and oxygen atoms in total. The summed E-state index contributed by atoms with van der Waals surface area (Å²) >= 11 is 0. The molecular weight excluding hydrogens is 444 g/mol. The topological polar surface area (TPSA) is 159 Å². The second-order valence-corrected chi connectivity index (χ2v) is 8.04. The van der Waals surface area contributed by atoms with Crippen LogP contribution in [0.2, 0.25) is 0 Å². The predicted octanol–water partition coefficient (Wildman–Crippen LogP) is -0.633. The standard InChI is InChI=1S/C20H32N4O7.ClH/c1-31-18(28)7-6-15-20(30)23(12-17(26)27)8-9-24(15)19(29)14-4-2-13(3-5-14)11-22-16(25)10-21;/h13-15H,2-12,21H2,1H3,(H,22,25)(H,26,27);1H/t13?,14?,15-;/m0./s1. The zero-order valence-corrected chi connectivity index (χ0v) is 19.1. The minimum absolute atomic E-state index is 0. The highest BCUT2D eigenvalue weighted by atomic mass is 35.5. The van der Waals surface area contributed by atoms with Gasteiger partial charge in [0.2, 0.25) is 17.7 Å². The summed E-state index contributed by atoms with van der Waals surface area (Å²) in [5.41, 5.74) is 5.29. The molecule has 1 saturated carbocycles. The van der Waals surface area contributed by atoms with Crippen LogP contribution in [0.25, 0.3) is 0 Å². The van der Waals surface area contributed by atoms with Crippen LogP contribution in [0, 0.1) is 11.8 Å². The largest absolute Gasteiger partial charge is 0.480 e. The minimum Gasteiger partial charge on any atom is -0.480 e. The summed E-state index contributed by atoms with van der Waals surface area (Å²) in [4.78, 5) is 62.7. The Morgan fingerprint density at radius 3 is 2.38 bits per heavy atom. The third kappa shape index (κ3) is 7.63. The predicted molar refractivity (Wildman–Crippen MR) is 116 cm³/mol. The van der Waals surface area contributed by atoms with Crippen molar-refractivity contribution in [3.05, 3.63) is 0 Å². The maximum absolute atomic E-state index is 13.2. The van der Waals surface area contributed by atoms with Crippen molar-refractivity contribution < 1.29 is 33.8 Å². The second kappa shape index (κ2) is 13.2. The van der Waals surface area contributed by atoms with Crippen molar-refractivity contribution in [1.82, 2.24) is 15.1 Å². The van der Waals surface area contributed by atoms with E-state index in [1.54, 1.807) is 0 Å². The summed E-state index contributed by atoms with van der Waals surface area (Å²) in [5.74, 6) is -2.36. The van der Waals surface area contributed by atoms with E-state index >= 15 is 0 Å². The summed E-state index contributed by atoms with van der Waals surface area (Å²) in [6.07, 6.45) is 2.91. The van der Waals surface area contributed by atoms with Crippen molar-refractivity contribution in [1.29, 1.82) is 0 Å². The molecular formula is C20H33ClN4O7. The fraction of sp³-hybridized carbons (Fsp3) is 0.750. The molecule has 3 amide bonds. The van der Waals surface area contributed by atoms with Crippen LogP contribution in [0.5, 0.6) is 0 Å². The average molecular weight is 477 g/mol. The Bertz CT molecular complexity index is 697. The third-order valence-corrected chi connectivity index (χ3v) is 6.01. The van der Waals surface area contributed by atoms with Gasteiger partial charge in [-0.1, -0.05) is 0 Å². The van der Waals surface area contributed by atoms with Crippen molar-refractivity contribution in [2.75, 3.05) is 39.8 Å². The van der Waals surface area contributed by atoms with E-state index in [4.69, 9.17) is 10.8 Å². The third-order valence-electron chi connectivity index (χ3n) is 6.01. The van der Waals surface area contributed by atoms with E-state index in [9.17, 15) is 24.0 Å². The van der Waals surface area contributed by atoms with Crippen LogP contribution in [-0.2, 0) is 28.7 Å². The van der Waals surface area contributed by atoms with Gasteiger partial charge in [-0.15, -0.1) is 12.4 Å². The first-order valence-corrected chi connectivity index (χ1v) is 10.6. The van der Waals surface area contributed by atoms with Crippen molar-refractivity contribution >= 4 is 42.1 Å². The van der Waals surface area contributed by atoms with Crippen LogP contribution in [0.4, 0.5) is 0 Å². The number of amides is 3. The number of hydrogen-bond acceptors (Lipinski definition) is 7. The monoisotopic (exact) mass is 476 g/mol. The molecule has 1 aliphatic carbocycles. The second-order valence-electron chi connectivity index (χ2n) is 8.04. The van der Waals surface area contributed by atoms with Crippen LogP contribution in [0.1, 0.15) is 38.5 Å². The summed E-state index contributed by atoms with van der Waals surface area (Å²) in [6, 6.07) is -0.874. The Morgan fingerprint density at radius 1 is 1.16 bits per heavy atom. The van der Waals surface area contributed by atoms with Gasteiger partial charge in [-0.25, -0.2) is 0 Å². The van der Waals surface area contributed by atoms with Crippen molar-refractivity contribution in [3.63, 3.8) is 0 Å². The van der Waals surface area contributed by atoms with E-state index in [0.717, 1.165) is 12.8 Å². The van der Waals surface area contributed by atoms with Crippen LogP contribution in [0.15, 0.2) is 0 Å². The van der Waals surface area contributed by atoms with Crippen molar-refractivity contribution in [2.45, 2.75) is 44.6 Å². The van der Waals surface area contributed by atoms with Crippen LogP contribution in [-0.4, -0.2) is 90.4 Å². The number of carbonyl (C=O) groups is 5. The van der Waals surface area contributed by atoms with Gasteiger partial charge in [0, 0.05) is 32.0 Å². The van der Waals surface area contributed by atoms with Crippen LogP contribution in [0.3, 0.4) is 0 Å². The van der Waals surface area contributed by atoms with E-state index in [1.165, 1.54) is 16.9 Å². The molecule has 0 radical (unpaired) electrons. The Morgan fingerprint density at radius 2 is 1.81 bits per heavy atom. The molecule has 1 heterocycles. The first-order valence-electron chi connectivity index (χ1n) is 10.6. The van der Waals surface area contributed by atoms with Gasteiger partial charge in [0.1, 0.15) is 12.6 Å². The Balaban J connectivity index is 0.00000512. The van der Waals surface area contributed by atoms with E-state index < -0.39 is 30.4 Å². The summed E-state index contributed by atoms with van der Waals surface area (Å²) in [6.45, 7) is 0.422. The highest BCUT2D eigenvalue weighted by Crippen LogP contribution is 2.31. The highest BCUT2D eigenvalue weighted by Gasteiger charge is 2.40. The number of carboxylic acid groups (broad SMARTS) is 1. The lowest BCUT2D eigenvalue weighted by molar-refractivity contribution is -0.158. The van der Waals surface area contributed by atoms with E-state index in [0.29, 0.717) is 19.4 Å². The number of nitrogens with zero attached hydrogens (tertiary/aromatic N) is 2. The molecule has 182 valence electrons. The number of hydrogen-bond donors (Lipinski definition) is 3. The number of methoxy groups -OCH3 is 1. The maximum atomic E-state index is 13.2. The number of carboxylic acids is 1. The quantitative estimate of drug-likeness (QED) is 0.371. The molecule has 32 heavy (non-hydrogen) atoms. The number of esters is 1. The normalized spacial score (nSPS) is 23.2. The summed E-state index contributed by atoms with van der Waals surface area (Å²) in [5, 5.41) is 11.8. The maximum Gasteiger partial charge on any atom is 0.323 e. The first kappa shape index (κ1) is 27.6. The van der Waals surface area contributed by atoms with Gasteiger partial charge in [-0.05, 0) is 38.0 Å². The fourth-order valence-electron chi connectivity index (χ4n) is 4.24. The lowest BCUT2D eigenvalue weighted by atomic mass is 9.81. The van der Waals surface area contributed by atoms with Crippen molar-refractivity contribution in [2.24, 2.45) is 17.6 Å². The van der Waals surface area contributed by atoms with Gasteiger partial charge in [-0.2, -0.15) is 0 Å². The van der Waals surface area contributed by atoms with Crippen LogP contribution < -0.4 is 11.1 Å². The average Bonchev–Trinajstić information content (AvgIpc) is 2.77. The van der Waals surface area contributed by atoms with E-state index in [-0.39, 0.29) is 68.5 Å². The molecule has 0 aromatic carbocycles. The van der Waals surface area contributed by atoms with Gasteiger partial charge in [0.15, 0.2) is 0 Å². The molecule has 0 spiro atoms. The van der Waals surface area contributed by atoms with Gasteiger partial charge >= 0.3 is 11.9 Å². The number of aliphatic carboxylic acids is 1. The van der Waals surface area contributed by atoms with E-state index in [2.05, 4.69) is 10.1 Å².